The average Bonchev–Trinajstić information content (AvgIpc) is 2.80. The minimum Gasteiger partial charge on any atom is -0.363 e. The van der Waals surface area contributed by atoms with Crippen LogP contribution in [0.1, 0.15) is 23.4 Å². The van der Waals surface area contributed by atoms with E-state index < -0.39 is 0 Å². The Morgan fingerprint density at radius 1 is 1.25 bits per heavy atom. The van der Waals surface area contributed by atoms with Gasteiger partial charge in [0.2, 0.25) is 5.28 Å². The zero-order chi connectivity index (χ0) is 14.1. The van der Waals surface area contributed by atoms with Crippen LogP contribution >= 0.6 is 22.9 Å². The number of halogens is 1. The molecule has 0 saturated heterocycles. The molecule has 102 valence electrons. The Bertz CT molecular complexity index is 742. The van der Waals surface area contributed by atoms with Gasteiger partial charge in [-0.3, -0.25) is 4.98 Å². The lowest BCUT2D eigenvalue weighted by atomic mass is 10.1. The van der Waals surface area contributed by atoms with Gasteiger partial charge < -0.3 is 5.32 Å². The summed E-state index contributed by atoms with van der Waals surface area (Å²) in [6.07, 6.45) is 3.57. The summed E-state index contributed by atoms with van der Waals surface area (Å²) in [6.45, 7) is 4.13. The van der Waals surface area contributed by atoms with Crippen molar-refractivity contribution in [1.82, 2.24) is 15.0 Å². The lowest BCUT2D eigenvalue weighted by Crippen LogP contribution is -2.08. The topological polar surface area (TPSA) is 50.7 Å². The monoisotopic (exact) mass is 304 g/mol. The predicted molar refractivity (Wildman–Crippen MR) is 83.4 cm³/mol. The van der Waals surface area contributed by atoms with E-state index in [1.165, 1.54) is 4.88 Å². The van der Waals surface area contributed by atoms with Gasteiger partial charge in [0, 0.05) is 17.3 Å². The number of pyridine rings is 1. The molecule has 6 heteroatoms. The molecule has 0 aromatic carbocycles. The van der Waals surface area contributed by atoms with Crippen LogP contribution in [0.3, 0.4) is 0 Å². The first kappa shape index (κ1) is 13.3. The highest BCUT2D eigenvalue weighted by molar-refractivity contribution is 7.18. The third kappa shape index (κ3) is 2.59. The van der Waals surface area contributed by atoms with Crippen LogP contribution in [0.15, 0.2) is 30.6 Å². The van der Waals surface area contributed by atoms with Crippen LogP contribution < -0.4 is 5.32 Å². The standard InChI is InChI=1S/C14H13ClN4S/c1-8-7-11-12(18-14(15)19-13(11)20-8)17-9(2)10-3-5-16-6-4-10/h3-7,9H,1-2H3,(H,17,18,19). The highest BCUT2D eigenvalue weighted by atomic mass is 35.5. The fraction of sp³-hybridized carbons (Fsp3) is 0.214. The lowest BCUT2D eigenvalue weighted by Gasteiger charge is -2.15. The summed E-state index contributed by atoms with van der Waals surface area (Å²) in [6, 6.07) is 6.16. The van der Waals surface area contributed by atoms with Gasteiger partial charge in [0.1, 0.15) is 10.6 Å². The minimum absolute atomic E-state index is 0.118. The second-order valence-corrected chi connectivity index (χ2v) is 6.14. The number of aromatic nitrogens is 3. The van der Waals surface area contributed by atoms with Crippen molar-refractivity contribution in [1.29, 1.82) is 0 Å². The molecule has 3 aromatic heterocycles. The molecule has 0 saturated carbocycles. The smallest absolute Gasteiger partial charge is 0.225 e. The van der Waals surface area contributed by atoms with Gasteiger partial charge in [0.25, 0.3) is 0 Å². The highest BCUT2D eigenvalue weighted by Gasteiger charge is 2.12. The van der Waals surface area contributed by atoms with Crippen LogP contribution in [0.4, 0.5) is 5.82 Å². The largest absolute Gasteiger partial charge is 0.363 e. The van der Waals surface area contributed by atoms with Gasteiger partial charge in [-0.25, -0.2) is 9.97 Å². The van der Waals surface area contributed by atoms with E-state index in [0.717, 1.165) is 21.6 Å². The quantitative estimate of drug-likeness (QED) is 0.736. The van der Waals surface area contributed by atoms with Crippen molar-refractivity contribution in [3.63, 3.8) is 0 Å². The van der Waals surface area contributed by atoms with Crippen LogP contribution in [0.5, 0.6) is 0 Å². The molecule has 0 fully saturated rings. The maximum atomic E-state index is 6.00. The fourth-order valence-corrected chi connectivity index (χ4v) is 3.17. The minimum atomic E-state index is 0.118. The van der Waals surface area contributed by atoms with E-state index in [1.807, 2.05) is 12.1 Å². The molecule has 0 amide bonds. The Kier molecular flexibility index (Phi) is 3.54. The number of thiophene rings is 1. The molecule has 1 atom stereocenters. The van der Waals surface area contributed by atoms with E-state index in [-0.39, 0.29) is 11.3 Å². The van der Waals surface area contributed by atoms with Crippen molar-refractivity contribution in [3.05, 3.63) is 46.3 Å². The maximum Gasteiger partial charge on any atom is 0.225 e. The van der Waals surface area contributed by atoms with Crippen molar-refractivity contribution >= 4 is 39.0 Å². The summed E-state index contributed by atoms with van der Waals surface area (Å²) in [4.78, 5) is 14.7. The first-order chi connectivity index (χ1) is 9.63. The Morgan fingerprint density at radius 2 is 2.00 bits per heavy atom. The normalized spacial score (nSPS) is 12.6. The molecule has 0 spiro atoms. The summed E-state index contributed by atoms with van der Waals surface area (Å²) >= 11 is 7.61. The molecule has 0 radical (unpaired) electrons. The third-order valence-corrected chi connectivity index (χ3v) is 4.16. The first-order valence-electron chi connectivity index (χ1n) is 6.23. The van der Waals surface area contributed by atoms with Crippen molar-refractivity contribution < 1.29 is 0 Å². The summed E-state index contributed by atoms with van der Waals surface area (Å²) in [5.41, 5.74) is 1.15. The van der Waals surface area contributed by atoms with Crippen molar-refractivity contribution in [2.24, 2.45) is 0 Å². The van der Waals surface area contributed by atoms with Gasteiger partial charge in [0.15, 0.2) is 0 Å². The molecule has 1 unspecified atom stereocenters. The van der Waals surface area contributed by atoms with Gasteiger partial charge >= 0.3 is 0 Å². The van der Waals surface area contributed by atoms with Crippen LogP contribution in [0.2, 0.25) is 5.28 Å². The van der Waals surface area contributed by atoms with Crippen LogP contribution in [0, 0.1) is 6.92 Å². The zero-order valence-electron chi connectivity index (χ0n) is 11.1. The van der Waals surface area contributed by atoms with E-state index in [4.69, 9.17) is 11.6 Å². The van der Waals surface area contributed by atoms with E-state index in [0.29, 0.717) is 0 Å². The number of hydrogen-bond donors (Lipinski definition) is 1. The third-order valence-electron chi connectivity index (χ3n) is 3.05. The van der Waals surface area contributed by atoms with Crippen LogP contribution in [0.25, 0.3) is 10.2 Å². The molecule has 0 aliphatic carbocycles. The van der Waals surface area contributed by atoms with E-state index in [9.17, 15) is 0 Å². The molecule has 1 N–H and O–H groups in total. The van der Waals surface area contributed by atoms with Gasteiger partial charge in [-0.2, -0.15) is 0 Å². The first-order valence-corrected chi connectivity index (χ1v) is 7.43. The highest BCUT2D eigenvalue weighted by Crippen LogP contribution is 2.31. The molecule has 4 nitrogen and oxygen atoms in total. The van der Waals surface area contributed by atoms with Crippen molar-refractivity contribution in [2.45, 2.75) is 19.9 Å². The van der Waals surface area contributed by atoms with Gasteiger partial charge in [-0.15, -0.1) is 11.3 Å². The second-order valence-electron chi connectivity index (χ2n) is 4.56. The number of fused-ring (bicyclic) bond motifs is 1. The number of anilines is 1. The Hall–Kier alpha value is -1.72. The molecule has 0 aliphatic rings. The number of hydrogen-bond acceptors (Lipinski definition) is 5. The maximum absolute atomic E-state index is 6.00. The molecule has 3 aromatic rings. The zero-order valence-corrected chi connectivity index (χ0v) is 12.7. The molecule has 0 aliphatic heterocycles. The second kappa shape index (κ2) is 5.34. The fourth-order valence-electron chi connectivity index (χ4n) is 2.07. The Balaban J connectivity index is 1.98. The summed E-state index contributed by atoms with van der Waals surface area (Å²) in [5.74, 6) is 0.772. The molecular weight excluding hydrogens is 292 g/mol. The lowest BCUT2D eigenvalue weighted by molar-refractivity contribution is 0.872. The Labute approximate surface area is 125 Å². The summed E-state index contributed by atoms with van der Waals surface area (Å²) < 4.78 is 0. The molecule has 3 rings (SSSR count). The predicted octanol–water partition coefficient (Wildman–Crippen LogP) is 4.22. The number of rotatable bonds is 3. The van der Waals surface area contributed by atoms with E-state index in [2.05, 4.69) is 40.2 Å². The average molecular weight is 305 g/mol. The number of nitrogens with one attached hydrogen (secondary N) is 1. The number of nitrogens with zero attached hydrogens (tertiary/aromatic N) is 3. The van der Waals surface area contributed by atoms with Crippen molar-refractivity contribution in [2.75, 3.05) is 5.32 Å². The molecular formula is C14H13ClN4S. The summed E-state index contributed by atoms with van der Waals surface area (Å²) in [5, 5.41) is 4.68. The van der Waals surface area contributed by atoms with Gasteiger partial charge in [0.05, 0.1) is 11.4 Å². The van der Waals surface area contributed by atoms with E-state index >= 15 is 0 Å². The molecule has 20 heavy (non-hydrogen) atoms. The Morgan fingerprint density at radius 3 is 2.75 bits per heavy atom. The molecule has 0 bridgehead atoms. The van der Waals surface area contributed by atoms with Gasteiger partial charge in [-0.1, -0.05) is 0 Å². The van der Waals surface area contributed by atoms with Gasteiger partial charge in [-0.05, 0) is 49.2 Å². The SMILES string of the molecule is Cc1cc2c(NC(C)c3ccncc3)nc(Cl)nc2s1. The van der Waals surface area contributed by atoms with E-state index in [1.54, 1.807) is 23.7 Å². The summed E-state index contributed by atoms with van der Waals surface area (Å²) in [7, 11) is 0. The van der Waals surface area contributed by atoms with Crippen LogP contribution in [-0.2, 0) is 0 Å². The molecule has 3 heterocycles. The van der Waals surface area contributed by atoms with Crippen LogP contribution in [-0.4, -0.2) is 15.0 Å². The number of aryl methyl sites for hydroxylation is 1. The van der Waals surface area contributed by atoms with Crippen molar-refractivity contribution in [3.8, 4) is 0 Å².